The Morgan fingerprint density at radius 3 is 2.48 bits per heavy atom. The van der Waals surface area contributed by atoms with Crippen LogP contribution in [0, 0.1) is 0 Å². The molecule has 0 amide bonds. The van der Waals surface area contributed by atoms with Crippen molar-refractivity contribution in [2.45, 2.75) is 25.4 Å². The molecule has 1 atom stereocenters. The van der Waals surface area contributed by atoms with Crippen LogP contribution in [0.4, 0.5) is 0 Å². The van der Waals surface area contributed by atoms with Crippen molar-refractivity contribution in [2.24, 2.45) is 0 Å². The first-order valence-electron chi connectivity index (χ1n) is 7.61. The Labute approximate surface area is 135 Å². The number of hydrogen-bond donors (Lipinski definition) is 3. The fourth-order valence-electron chi connectivity index (χ4n) is 2.58. The summed E-state index contributed by atoms with van der Waals surface area (Å²) in [5, 5.41) is 29.6. The van der Waals surface area contributed by atoms with Crippen LogP contribution in [0.1, 0.15) is 23.6 Å². The average molecular weight is 312 g/mol. The Morgan fingerprint density at radius 1 is 1.04 bits per heavy atom. The number of hydrogen-bond acceptors (Lipinski definition) is 4. The lowest BCUT2D eigenvalue weighted by molar-refractivity contribution is 0.0565. The van der Waals surface area contributed by atoms with Crippen LogP contribution in [0.25, 0.3) is 6.08 Å². The van der Waals surface area contributed by atoms with Gasteiger partial charge in [-0.1, -0.05) is 12.1 Å². The van der Waals surface area contributed by atoms with E-state index in [0.717, 1.165) is 24.0 Å². The molecule has 0 fully saturated rings. The number of aromatic hydroxyl groups is 2. The van der Waals surface area contributed by atoms with Gasteiger partial charge in [0.25, 0.3) is 0 Å². The van der Waals surface area contributed by atoms with Gasteiger partial charge in [0.05, 0.1) is 5.56 Å². The fourth-order valence-corrected chi connectivity index (χ4v) is 2.58. The first-order chi connectivity index (χ1) is 10.9. The second-order valence-electron chi connectivity index (χ2n) is 6.17. The third-order valence-corrected chi connectivity index (χ3v) is 3.95. The molecule has 1 aliphatic rings. The lowest BCUT2D eigenvalue weighted by Gasteiger charge is -2.17. The zero-order chi connectivity index (χ0) is 16.4. The molecule has 0 saturated carbocycles. The molecule has 0 radical (unpaired) electrons. The van der Waals surface area contributed by atoms with Crippen molar-refractivity contribution in [2.75, 3.05) is 6.61 Å². The molecule has 0 bridgehead atoms. The third-order valence-electron chi connectivity index (χ3n) is 3.95. The fraction of sp³-hybridized carbons (Fsp3) is 0.263. The lowest BCUT2D eigenvalue weighted by Crippen LogP contribution is -2.28. The number of rotatable bonds is 3. The largest absolute Gasteiger partial charge is 0.508 e. The minimum Gasteiger partial charge on any atom is -0.508 e. The van der Waals surface area contributed by atoms with Crippen molar-refractivity contribution in [1.29, 1.82) is 0 Å². The standard InChI is InChI=1S/C19H20O4/c1-19(22)9-8-16-17(21)10-14(11-18(16)23-12-19)3-2-13-4-6-15(20)7-5-13/h4-11,20-22H,2-3,12H2,1H3/t19-/m0/s1. The maximum Gasteiger partial charge on any atom is 0.130 e. The maximum atomic E-state index is 10.2. The Bertz CT molecular complexity index is 730. The molecule has 0 aliphatic carbocycles. The van der Waals surface area contributed by atoms with Gasteiger partial charge in [-0.3, -0.25) is 0 Å². The number of phenols is 2. The van der Waals surface area contributed by atoms with Gasteiger partial charge in [-0.15, -0.1) is 0 Å². The molecule has 0 unspecified atom stereocenters. The van der Waals surface area contributed by atoms with Gasteiger partial charge in [-0.05, 0) is 67.3 Å². The highest BCUT2D eigenvalue weighted by atomic mass is 16.5. The molecule has 0 spiro atoms. The minimum atomic E-state index is -1.04. The minimum absolute atomic E-state index is 0.150. The van der Waals surface area contributed by atoms with Crippen molar-refractivity contribution in [3.8, 4) is 17.2 Å². The molecule has 3 rings (SSSR count). The highest BCUT2D eigenvalue weighted by Crippen LogP contribution is 2.34. The van der Waals surface area contributed by atoms with Gasteiger partial charge >= 0.3 is 0 Å². The van der Waals surface area contributed by atoms with Gasteiger partial charge in [0.1, 0.15) is 29.5 Å². The van der Waals surface area contributed by atoms with E-state index in [1.807, 2.05) is 18.2 Å². The third kappa shape index (κ3) is 3.66. The van der Waals surface area contributed by atoms with Crippen molar-refractivity contribution in [3.05, 3.63) is 59.2 Å². The van der Waals surface area contributed by atoms with Crippen LogP contribution in [0.2, 0.25) is 0 Å². The Hall–Kier alpha value is -2.46. The molecule has 120 valence electrons. The number of phenolic OH excluding ortho intramolecular Hbond substituents is 2. The maximum absolute atomic E-state index is 10.2. The Morgan fingerprint density at radius 2 is 1.74 bits per heavy atom. The van der Waals surface area contributed by atoms with Crippen molar-refractivity contribution in [1.82, 2.24) is 0 Å². The van der Waals surface area contributed by atoms with E-state index in [0.29, 0.717) is 11.3 Å². The molecule has 1 aliphatic heterocycles. The summed E-state index contributed by atoms with van der Waals surface area (Å²) in [6.07, 6.45) is 4.87. The van der Waals surface area contributed by atoms with E-state index < -0.39 is 5.60 Å². The van der Waals surface area contributed by atoms with E-state index in [-0.39, 0.29) is 18.1 Å². The summed E-state index contributed by atoms with van der Waals surface area (Å²) in [7, 11) is 0. The summed E-state index contributed by atoms with van der Waals surface area (Å²) in [4.78, 5) is 0. The van der Waals surface area contributed by atoms with Gasteiger partial charge in [-0.2, -0.15) is 0 Å². The number of aryl methyl sites for hydroxylation is 2. The highest BCUT2D eigenvalue weighted by molar-refractivity contribution is 5.66. The summed E-state index contributed by atoms with van der Waals surface area (Å²) in [6.45, 7) is 1.81. The zero-order valence-electron chi connectivity index (χ0n) is 13.0. The lowest BCUT2D eigenvalue weighted by atomic mass is 10.0. The zero-order valence-corrected chi connectivity index (χ0v) is 13.0. The molecular formula is C19H20O4. The van der Waals surface area contributed by atoms with Crippen LogP contribution in [-0.2, 0) is 12.8 Å². The predicted octanol–water partition coefficient (Wildman–Crippen LogP) is 3.04. The van der Waals surface area contributed by atoms with Crippen LogP contribution in [0.15, 0.2) is 42.5 Å². The summed E-state index contributed by atoms with van der Waals surface area (Å²) >= 11 is 0. The van der Waals surface area contributed by atoms with Gasteiger partial charge in [0.2, 0.25) is 0 Å². The van der Waals surface area contributed by atoms with Gasteiger partial charge in [-0.25, -0.2) is 0 Å². The average Bonchev–Trinajstić information content (AvgIpc) is 2.66. The van der Waals surface area contributed by atoms with Crippen molar-refractivity contribution >= 4 is 6.08 Å². The van der Waals surface area contributed by atoms with E-state index in [1.54, 1.807) is 37.3 Å². The summed E-state index contributed by atoms with van der Waals surface area (Å²) in [6, 6.07) is 10.7. The first-order valence-corrected chi connectivity index (χ1v) is 7.61. The Kier molecular flexibility index (Phi) is 4.01. The number of benzene rings is 2. The van der Waals surface area contributed by atoms with E-state index in [2.05, 4.69) is 0 Å². The van der Waals surface area contributed by atoms with Crippen molar-refractivity contribution in [3.63, 3.8) is 0 Å². The monoisotopic (exact) mass is 312 g/mol. The molecule has 1 heterocycles. The second kappa shape index (κ2) is 5.97. The van der Waals surface area contributed by atoms with E-state index in [9.17, 15) is 15.3 Å². The van der Waals surface area contributed by atoms with Crippen LogP contribution in [-0.4, -0.2) is 27.5 Å². The molecule has 23 heavy (non-hydrogen) atoms. The molecule has 4 nitrogen and oxygen atoms in total. The molecule has 0 aromatic heterocycles. The van der Waals surface area contributed by atoms with Gasteiger partial charge in [0.15, 0.2) is 0 Å². The van der Waals surface area contributed by atoms with E-state index in [1.165, 1.54) is 0 Å². The van der Waals surface area contributed by atoms with E-state index >= 15 is 0 Å². The number of fused-ring (bicyclic) bond motifs is 1. The molecule has 0 saturated heterocycles. The predicted molar refractivity (Wildman–Crippen MR) is 88.8 cm³/mol. The van der Waals surface area contributed by atoms with E-state index in [4.69, 9.17) is 4.74 Å². The molecule has 2 aromatic rings. The van der Waals surface area contributed by atoms with Crippen LogP contribution in [0.3, 0.4) is 0 Å². The molecular weight excluding hydrogens is 292 g/mol. The van der Waals surface area contributed by atoms with Gasteiger partial charge in [0, 0.05) is 0 Å². The number of ether oxygens (including phenoxy) is 1. The molecule has 3 N–H and O–H groups in total. The molecule has 4 heteroatoms. The Balaban J connectivity index is 1.78. The van der Waals surface area contributed by atoms with Crippen LogP contribution in [0.5, 0.6) is 17.2 Å². The van der Waals surface area contributed by atoms with Crippen molar-refractivity contribution < 1.29 is 20.1 Å². The SMILES string of the molecule is C[C@]1(O)C=Cc2c(O)cc(CCc3ccc(O)cc3)cc2OC1. The van der Waals surface area contributed by atoms with Gasteiger partial charge < -0.3 is 20.1 Å². The molecule has 2 aromatic carbocycles. The van der Waals surface area contributed by atoms with Crippen LogP contribution >= 0.6 is 0 Å². The smallest absolute Gasteiger partial charge is 0.130 e. The highest BCUT2D eigenvalue weighted by Gasteiger charge is 2.22. The quantitative estimate of drug-likeness (QED) is 0.815. The number of aliphatic hydroxyl groups is 1. The summed E-state index contributed by atoms with van der Waals surface area (Å²) in [5.74, 6) is 0.987. The first kappa shape index (κ1) is 15.4. The van der Waals surface area contributed by atoms with Crippen LogP contribution < -0.4 is 4.74 Å². The summed E-state index contributed by atoms with van der Waals surface area (Å²) < 4.78 is 5.65. The second-order valence-corrected chi connectivity index (χ2v) is 6.17. The summed E-state index contributed by atoms with van der Waals surface area (Å²) in [5.41, 5.74) is 1.62. The normalized spacial score (nSPS) is 19.7. The topological polar surface area (TPSA) is 69.9 Å².